The van der Waals surface area contributed by atoms with Crippen LogP contribution in [0.15, 0.2) is 24.3 Å². The normalized spacial score (nSPS) is 24.5. The van der Waals surface area contributed by atoms with Crippen LogP contribution in [0.5, 0.6) is 0 Å². The summed E-state index contributed by atoms with van der Waals surface area (Å²) in [5.41, 5.74) is 5.81. The van der Waals surface area contributed by atoms with E-state index < -0.39 is 11.7 Å². The van der Waals surface area contributed by atoms with Gasteiger partial charge in [0.15, 0.2) is 0 Å². The molecule has 1 aliphatic carbocycles. The standard InChI is InChI=1S/C13H16F3N/c14-13(15,16)12-3-1-2-9(7-12)6-10-4-5-11(10)8-17/h1-3,7,10-11H,4-6,8,17H2. The lowest BCUT2D eigenvalue weighted by molar-refractivity contribution is -0.137. The Morgan fingerprint density at radius 2 is 1.88 bits per heavy atom. The van der Waals surface area contributed by atoms with Crippen molar-refractivity contribution in [2.24, 2.45) is 17.6 Å². The third-order valence-corrected chi connectivity index (χ3v) is 3.63. The third kappa shape index (κ3) is 2.80. The Hall–Kier alpha value is -1.03. The van der Waals surface area contributed by atoms with Crippen LogP contribution in [0.25, 0.3) is 0 Å². The van der Waals surface area contributed by atoms with Crippen molar-refractivity contribution >= 4 is 0 Å². The van der Waals surface area contributed by atoms with Crippen molar-refractivity contribution < 1.29 is 13.2 Å². The first-order valence-corrected chi connectivity index (χ1v) is 5.87. The lowest BCUT2D eigenvalue weighted by Crippen LogP contribution is -2.33. The van der Waals surface area contributed by atoms with Gasteiger partial charge in [0.2, 0.25) is 0 Å². The number of hydrogen-bond donors (Lipinski definition) is 1. The smallest absolute Gasteiger partial charge is 0.330 e. The van der Waals surface area contributed by atoms with E-state index in [0.717, 1.165) is 24.5 Å². The van der Waals surface area contributed by atoms with E-state index in [0.29, 0.717) is 24.8 Å². The second kappa shape index (κ2) is 4.69. The maximum absolute atomic E-state index is 12.5. The largest absolute Gasteiger partial charge is 0.416 e. The predicted octanol–water partition coefficient (Wildman–Crippen LogP) is 3.23. The van der Waals surface area contributed by atoms with Crippen molar-refractivity contribution in [2.75, 3.05) is 6.54 Å². The van der Waals surface area contributed by atoms with Gasteiger partial charge in [0, 0.05) is 0 Å². The van der Waals surface area contributed by atoms with Crippen LogP contribution in [-0.4, -0.2) is 6.54 Å². The molecule has 0 amide bonds. The molecule has 0 heterocycles. The highest BCUT2D eigenvalue weighted by atomic mass is 19.4. The van der Waals surface area contributed by atoms with E-state index in [1.165, 1.54) is 12.1 Å². The number of halogens is 3. The molecule has 1 nitrogen and oxygen atoms in total. The number of alkyl halides is 3. The second-order valence-corrected chi connectivity index (χ2v) is 4.74. The molecule has 0 spiro atoms. The quantitative estimate of drug-likeness (QED) is 0.866. The third-order valence-electron chi connectivity index (χ3n) is 3.63. The van der Waals surface area contributed by atoms with Gasteiger partial charge in [0.1, 0.15) is 0 Å². The van der Waals surface area contributed by atoms with Crippen molar-refractivity contribution in [3.8, 4) is 0 Å². The van der Waals surface area contributed by atoms with Crippen LogP contribution < -0.4 is 5.73 Å². The van der Waals surface area contributed by atoms with Crippen LogP contribution in [-0.2, 0) is 12.6 Å². The highest BCUT2D eigenvalue weighted by Crippen LogP contribution is 2.37. The molecule has 1 fully saturated rings. The molecule has 0 aliphatic heterocycles. The van der Waals surface area contributed by atoms with Crippen molar-refractivity contribution in [3.05, 3.63) is 35.4 Å². The van der Waals surface area contributed by atoms with E-state index in [1.807, 2.05) is 0 Å². The summed E-state index contributed by atoms with van der Waals surface area (Å²) < 4.78 is 37.6. The van der Waals surface area contributed by atoms with Crippen LogP contribution in [0.2, 0.25) is 0 Å². The molecule has 0 aromatic heterocycles. The highest BCUT2D eigenvalue weighted by molar-refractivity contribution is 5.26. The summed E-state index contributed by atoms with van der Waals surface area (Å²) in [6, 6.07) is 5.62. The van der Waals surface area contributed by atoms with Gasteiger partial charge in [-0.15, -0.1) is 0 Å². The number of benzene rings is 1. The van der Waals surface area contributed by atoms with Crippen molar-refractivity contribution in [3.63, 3.8) is 0 Å². The van der Waals surface area contributed by atoms with E-state index >= 15 is 0 Å². The summed E-state index contributed by atoms with van der Waals surface area (Å²) in [6.45, 7) is 0.642. The van der Waals surface area contributed by atoms with Crippen molar-refractivity contribution in [1.29, 1.82) is 0 Å². The highest BCUT2D eigenvalue weighted by Gasteiger charge is 2.32. The molecule has 1 aromatic rings. The van der Waals surface area contributed by atoms with E-state index in [4.69, 9.17) is 5.73 Å². The summed E-state index contributed by atoms with van der Waals surface area (Å²) in [6.07, 6.45) is -1.34. The van der Waals surface area contributed by atoms with E-state index in [1.54, 1.807) is 6.07 Å². The minimum Gasteiger partial charge on any atom is -0.330 e. The van der Waals surface area contributed by atoms with Crippen molar-refractivity contribution in [1.82, 2.24) is 0 Å². The van der Waals surface area contributed by atoms with Gasteiger partial charge in [0.05, 0.1) is 5.56 Å². The molecule has 4 heteroatoms. The minimum absolute atomic E-state index is 0.462. The molecule has 2 rings (SSSR count). The van der Waals surface area contributed by atoms with Gasteiger partial charge >= 0.3 is 6.18 Å². The SMILES string of the molecule is NCC1CCC1Cc1cccc(C(F)(F)F)c1. The molecule has 0 saturated heterocycles. The van der Waals surface area contributed by atoms with Gasteiger partial charge in [-0.3, -0.25) is 0 Å². The maximum atomic E-state index is 12.5. The molecule has 0 bridgehead atoms. The summed E-state index contributed by atoms with van der Waals surface area (Å²) >= 11 is 0. The van der Waals surface area contributed by atoms with Crippen LogP contribution >= 0.6 is 0 Å². The van der Waals surface area contributed by atoms with Crippen LogP contribution in [0.4, 0.5) is 13.2 Å². The molecule has 17 heavy (non-hydrogen) atoms. The Morgan fingerprint density at radius 1 is 1.18 bits per heavy atom. The Labute approximate surface area is 98.8 Å². The van der Waals surface area contributed by atoms with Crippen LogP contribution in [0.1, 0.15) is 24.0 Å². The van der Waals surface area contributed by atoms with Crippen LogP contribution in [0.3, 0.4) is 0 Å². The minimum atomic E-state index is -4.25. The summed E-state index contributed by atoms with van der Waals surface area (Å²) in [4.78, 5) is 0. The first kappa shape index (κ1) is 12.4. The van der Waals surface area contributed by atoms with Gasteiger partial charge in [-0.25, -0.2) is 0 Å². The molecule has 1 aliphatic rings. The van der Waals surface area contributed by atoms with Crippen LogP contribution in [0, 0.1) is 11.8 Å². The fourth-order valence-electron chi connectivity index (χ4n) is 2.39. The van der Waals surface area contributed by atoms with Gasteiger partial charge in [-0.2, -0.15) is 13.2 Å². The Balaban J connectivity index is 2.07. The molecule has 0 radical (unpaired) electrons. The second-order valence-electron chi connectivity index (χ2n) is 4.74. The summed E-state index contributed by atoms with van der Waals surface area (Å²) in [7, 11) is 0. The molecule has 94 valence electrons. The zero-order valence-electron chi connectivity index (χ0n) is 9.50. The molecular weight excluding hydrogens is 227 g/mol. The van der Waals surface area contributed by atoms with E-state index in [2.05, 4.69) is 0 Å². The first-order valence-electron chi connectivity index (χ1n) is 5.87. The number of hydrogen-bond acceptors (Lipinski definition) is 1. The monoisotopic (exact) mass is 243 g/mol. The predicted molar refractivity (Wildman–Crippen MR) is 60.4 cm³/mol. The van der Waals surface area contributed by atoms with E-state index in [-0.39, 0.29) is 0 Å². The zero-order valence-corrected chi connectivity index (χ0v) is 9.50. The first-order chi connectivity index (χ1) is 8.00. The topological polar surface area (TPSA) is 26.0 Å². The Kier molecular flexibility index (Phi) is 3.43. The fraction of sp³-hybridized carbons (Fsp3) is 0.538. The van der Waals surface area contributed by atoms with Gasteiger partial charge in [-0.1, -0.05) is 18.2 Å². The van der Waals surface area contributed by atoms with E-state index in [9.17, 15) is 13.2 Å². The summed E-state index contributed by atoms with van der Waals surface area (Å²) in [5, 5.41) is 0. The Morgan fingerprint density at radius 3 is 2.41 bits per heavy atom. The zero-order chi connectivity index (χ0) is 12.5. The molecule has 1 aromatic carbocycles. The fourth-order valence-corrected chi connectivity index (χ4v) is 2.39. The average Bonchev–Trinajstić information content (AvgIpc) is 2.24. The lowest BCUT2D eigenvalue weighted by atomic mass is 9.71. The molecular formula is C13H16F3N. The number of rotatable bonds is 3. The van der Waals surface area contributed by atoms with Gasteiger partial charge in [0.25, 0.3) is 0 Å². The van der Waals surface area contributed by atoms with Gasteiger partial charge < -0.3 is 5.73 Å². The Bertz CT molecular complexity index is 384. The number of nitrogens with two attached hydrogens (primary N) is 1. The van der Waals surface area contributed by atoms with Gasteiger partial charge in [-0.05, 0) is 49.3 Å². The molecule has 2 N–H and O–H groups in total. The maximum Gasteiger partial charge on any atom is 0.416 e. The molecule has 2 unspecified atom stereocenters. The van der Waals surface area contributed by atoms with Crippen molar-refractivity contribution in [2.45, 2.75) is 25.4 Å². The molecule has 2 atom stereocenters. The summed E-state index contributed by atoms with van der Waals surface area (Å²) in [5.74, 6) is 0.952. The lowest BCUT2D eigenvalue weighted by Gasteiger charge is -2.36. The average molecular weight is 243 g/mol. The molecule has 1 saturated carbocycles.